The number of rotatable bonds is 8. The van der Waals surface area contributed by atoms with Gasteiger partial charge in [0.25, 0.3) is 5.91 Å². The Bertz CT molecular complexity index is 997. The van der Waals surface area contributed by atoms with Gasteiger partial charge in [-0.25, -0.2) is 17.6 Å². The third-order valence-electron chi connectivity index (χ3n) is 3.79. The maximum atomic E-state index is 12.9. The summed E-state index contributed by atoms with van der Waals surface area (Å²) in [7, 11) is -2.90. The van der Waals surface area contributed by atoms with E-state index in [1.54, 1.807) is 24.3 Å². The van der Waals surface area contributed by atoms with Gasteiger partial charge in [0.05, 0.1) is 4.90 Å². The zero-order valence-electron chi connectivity index (χ0n) is 16.0. The van der Waals surface area contributed by atoms with Crippen LogP contribution in [0.15, 0.2) is 59.5 Å². The summed E-state index contributed by atoms with van der Waals surface area (Å²) in [6, 6.07) is 12.3. The number of halogens is 1. The second-order valence-electron chi connectivity index (χ2n) is 6.09. The average molecular weight is 437 g/mol. The van der Waals surface area contributed by atoms with Gasteiger partial charge in [-0.3, -0.25) is 14.9 Å². The van der Waals surface area contributed by atoms with Gasteiger partial charge in [-0.1, -0.05) is 30.3 Å². The van der Waals surface area contributed by atoms with Gasteiger partial charge in [-0.2, -0.15) is 4.31 Å². The highest BCUT2D eigenvalue weighted by Gasteiger charge is 2.24. The van der Waals surface area contributed by atoms with Crippen LogP contribution in [0.4, 0.5) is 9.18 Å². The summed E-state index contributed by atoms with van der Waals surface area (Å²) in [5.74, 6) is -2.48. The van der Waals surface area contributed by atoms with Crippen LogP contribution < -0.4 is 10.6 Å². The molecule has 9 nitrogen and oxygen atoms in total. The summed E-state index contributed by atoms with van der Waals surface area (Å²) in [5.41, 5.74) is 0.830. The van der Waals surface area contributed by atoms with Crippen LogP contribution in [0.3, 0.4) is 0 Å². The van der Waals surface area contributed by atoms with Crippen LogP contribution in [0.1, 0.15) is 5.56 Å². The van der Waals surface area contributed by atoms with Crippen LogP contribution in [0.25, 0.3) is 0 Å². The van der Waals surface area contributed by atoms with E-state index in [4.69, 9.17) is 4.74 Å². The second kappa shape index (κ2) is 10.5. The van der Waals surface area contributed by atoms with E-state index in [1.165, 1.54) is 0 Å². The molecule has 2 rings (SSSR count). The van der Waals surface area contributed by atoms with Crippen molar-refractivity contribution in [2.24, 2.45) is 0 Å². The topological polar surface area (TPSA) is 122 Å². The van der Waals surface area contributed by atoms with E-state index < -0.39 is 46.9 Å². The summed E-state index contributed by atoms with van der Waals surface area (Å²) >= 11 is 0. The number of imide groups is 1. The summed E-state index contributed by atoms with van der Waals surface area (Å²) in [6.45, 7) is -1.24. The number of esters is 1. The fraction of sp³-hybridized carbons (Fsp3) is 0.211. The molecule has 2 N–H and O–H groups in total. The fourth-order valence-corrected chi connectivity index (χ4v) is 3.35. The van der Waals surface area contributed by atoms with Crippen LogP contribution in [-0.4, -0.2) is 50.8 Å². The average Bonchev–Trinajstić information content (AvgIpc) is 2.72. The fourth-order valence-electron chi connectivity index (χ4n) is 2.23. The molecule has 11 heteroatoms. The number of hydrogen-bond donors (Lipinski definition) is 2. The number of amides is 3. The number of benzene rings is 2. The number of carbonyl (C=O) groups is 3. The Labute approximate surface area is 172 Å². The number of hydrogen-bond acceptors (Lipinski definition) is 6. The Balaban J connectivity index is 1.75. The van der Waals surface area contributed by atoms with E-state index in [0.717, 1.165) is 36.9 Å². The zero-order chi connectivity index (χ0) is 22.1. The van der Waals surface area contributed by atoms with E-state index in [1.807, 2.05) is 11.4 Å². The maximum absolute atomic E-state index is 12.9. The Morgan fingerprint density at radius 1 is 1.03 bits per heavy atom. The first-order chi connectivity index (χ1) is 14.2. The molecule has 0 unspecified atom stereocenters. The minimum absolute atomic E-state index is 0.200. The van der Waals surface area contributed by atoms with Crippen molar-refractivity contribution in [1.29, 1.82) is 0 Å². The Morgan fingerprint density at radius 2 is 1.67 bits per heavy atom. The van der Waals surface area contributed by atoms with Crippen molar-refractivity contribution in [1.82, 2.24) is 14.9 Å². The van der Waals surface area contributed by atoms with E-state index in [-0.39, 0.29) is 11.4 Å². The van der Waals surface area contributed by atoms with E-state index >= 15 is 0 Å². The normalized spacial score (nSPS) is 11.0. The van der Waals surface area contributed by atoms with E-state index in [0.29, 0.717) is 4.31 Å². The molecule has 0 aliphatic heterocycles. The first kappa shape index (κ1) is 23.0. The SMILES string of the molecule is CN(CC(=O)OCC(=O)NC(=O)NCc1ccccc1)S(=O)(=O)c1ccc(F)cc1. The molecule has 3 amide bonds. The highest BCUT2D eigenvalue weighted by atomic mass is 32.2. The highest BCUT2D eigenvalue weighted by molar-refractivity contribution is 7.89. The molecule has 0 radical (unpaired) electrons. The minimum atomic E-state index is -4.04. The lowest BCUT2D eigenvalue weighted by Gasteiger charge is -2.16. The molecular weight excluding hydrogens is 417 g/mol. The Hall–Kier alpha value is -3.31. The van der Waals surface area contributed by atoms with Crippen molar-refractivity contribution in [2.45, 2.75) is 11.4 Å². The van der Waals surface area contributed by atoms with Crippen LogP contribution >= 0.6 is 0 Å². The summed E-state index contributed by atoms with van der Waals surface area (Å²) in [4.78, 5) is 35.0. The molecule has 0 aromatic heterocycles. The van der Waals surface area contributed by atoms with Gasteiger partial charge in [0.1, 0.15) is 12.4 Å². The molecule has 0 aliphatic rings. The number of ether oxygens (including phenoxy) is 1. The van der Waals surface area contributed by atoms with Crippen LogP contribution in [0.2, 0.25) is 0 Å². The van der Waals surface area contributed by atoms with Crippen LogP contribution in [0, 0.1) is 5.82 Å². The molecular formula is C19H20FN3O6S. The predicted molar refractivity (Wildman–Crippen MR) is 104 cm³/mol. The van der Waals surface area contributed by atoms with Gasteiger partial charge in [0.15, 0.2) is 6.61 Å². The van der Waals surface area contributed by atoms with Gasteiger partial charge in [0.2, 0.25) is 10.0 Å². The Kier molecular flexibility index (Phi) is 8.01. The number of nitrogens with zero attached hydrogens (tertiary/aromatic N) is 1. The van der Waals surface area contributed by atoms with Crippen LogP contribution in [0.5, 0.6) is 0 Å². The number of carbonyl (C=O) groups excluding carboxylic acids is 3. The molecule has 2 aromatic rings. The zero-order valence-corrected chi connectivity index (χ0v) is 16.8. The van der Waals surface area contributed by atoms with Crippen molar-refractivity contribution < 1.29 is 31.9 Å². The van der Waals surface area contributed by atoms with E-state index in [9.17, 15) is 27.2 Å². The first-order valence-electron chi connectivity index (χ1n) is 8.67. The molecule has 0 aliphatic carbocycles. The lowest BCUT2D eigenvalue weighted by atomic mass is 10.2. The molecule has 0 heterocycles. The highest BCUT2D eigenvalue weighted by Crippen LogP contribution is 2.14. The van der Waals surface area contributed by atoms with E-state index in [2.05, 4.69) is 5.32 Å². The number of sulfonamides is 1. The smallest absolute Gasteiger partial charge is 0.321 e. The summed E-state index contributed by atoms with van der Waals surface area (Å²) in [6.07, 6.45) is 0. The van der Waals surface area contributed by atoms with Crippen molar-refractivity contribution in [2.75, 3.05) is 20.2 Å². The molecule has 0 bridgehead atoms. The molecule has 0 saturated carbocycles. The van der Waals surface area contributed by atoms with Gasteiger partial charge in [-0.15, -0.1) is 0 Å². The van der Waals surface area contributed by atoms with Crippen molar-refractivity contribution in [3.05, 3.63) is 66.0 Å². The largest absolute Gasteiger partial charge is 0.455 e. The van der Waals surface area contributed by atoms with Crippen molar-refractivity contribution in [3.8, 4) is 0 Å². The summed E-state index contributed by atoms with van der Waals surface area (Å²) in [5, 5.41) is 4.45. The predicted octanol–water partition coefficient (Wildman–Crippen LogP) is 1.02. The molecule has 2 aromatic carbocycles. The molecule has 0 saturated heterocycles. The Morgan fingerprint density at radius 3 is 2.30 bits per heavy atom. The van der Waals surface area contributed by atoms with Gasteiger partial charge < -0.3 is 10.1 Å². The monoisotopic (exact) mass is 437 g/mol. The molecule has 0 spiro atoms. The number of urea groups is 1. The molecule has 0 fully saturated rings. The van der Waals surface area contributed by atoms with Crippen molar-refractivity contribution in [3.63, 3.8) is 0 Å². The minimum Gasteiger partial charge on any atom is -0.455 e. The first-order valence-corrected chi connectivity index (χ1v) is 10.1. The summed E-state index contributed by atoms with van der Waals surface area (Å²) < 4.78 is 43.0. The third kappa shape index (κ3) is 6.94. The molecule has 30 heavy (non-hydrogen) atoms. The molecule has 160 valence electrons. The molecule has 0 atom stereocenters. The third-order valence-corrected chi connectivity index (χ3v) is 5.60. The number of likely N-dealkylation sites (N-methyl/N-ethyl adjacent to an activating group) is 1. The van der Waals surface area contributed by atoms with Gasteiger partial charge >= 0.3 is 12.0 Å². The standard InChI is InChI=1S/C19H20FN3O6S/c1-23(30(27,28)16-9-7-15(20)8-10-16)12-18(25)29-13-17(24)22-19(26)21-11-14-5-3-2-4-6-14/h2-10H,11-13H2,1H3,(H2,21,22,24,26). The second-order valence-corrected chi connectivity index (χ2v) is 8.14. The van der Waals surface area contributed by atoms with Gasteiger partial charge in [0, 0.05) is 13.6 Å². The lowest BCUT2D eigenvalue weighted by molar-refractivity contribution is -0.148. The van der Waals surface area contributed by atoms with Crippen LogP contribution in [-0.2, 0) is 30.9 Å². The maximum Gasteiger partial charge on any atom is 0.321 e. The van der Waals surface area contributed by atoms with Gasteiger partial charge in [-0.05, 0) is 29.8 Å². The lowest BCUT2D eigenvalue weighted by Crippen LogP contribution is -2.41. The quantitative estimate of drug-likeness (QED) is 0.595. The number of nitrogens with one attached hydrogen (secondary N) is 2. The van der Waals surface area contributed by atoms with Crippen molar-refractivity contribution >= 4 is 27.9 Å².